The van der Waals surface area contributed by atoms with Gasteiger partial charge in [0.25, 0.3) is 0 Å². The van der Waals surface area contributed by atoms with Crippen molar-refractivity contribution in [2.45, 2.75) is 26.0 Å². The molecule has 2 unspecified atom stereocenters. The van der Waals surface area contributed by atoms with Crippen molar-refractivity contribution in [1.82, 2.24) is 14.7 Å². The number of carboxylic acids is 1. The normalized spacial score (nSPS) is 20.7. The molecule has 1 aliphatic heterocycles. The van der Waals surface area contributed by atoms with Crippen LogP contribution in [0.4, 0.5) is 0 Å². The summed E-state index contributed by atoms with van der Waals surface area (Å²) in [5.41, 5.74) is 0. The lowest BCUT2D eigenvalue weighted by Crippen LogP contribution is -2.55. The number of ether oxygens (including phenoxy) is 1. The molecule has 1 fully saturated rings. The molecule has 1 heterocycles. The second-order valence-corrected chi connectivity index (χ2v) is 6.52. The zero-order chi connectivity index (χ0) is 16.9. The van der Waals surface area contributed by atoms with E-state index < -0.39 is 5.97 Å². The fourth-order valence-corrected chi connectivity index (χ4v) is 2.96. The fraction of sp³-hybridized carbons (Fsp3) is 0.867. The lowest BCUT2D eigenvalue weighted by atomic mass is 10.0. The van der Waals surface area contributed by atoms with Gasteiger partial charge in [-0.2, -0.15) is 0 Å². The summed E-state index contributed by atoms with van der Waals surface area (Å²) in [5, 5.41) is 8.80. The standard InChI is InChI=1S/C15H29N3O4/c1-11(2)14(16(3)4)15(21)18-6-7-22-12(9-18)8-17(5)10-13(19)20/h11-12,14H,6-10H2,1-5H3,(H,19,20). The van der Waals surface area contributed by atoms with Gasteiger partial charge in [0.15, 0.2) is 0 Å². The minimum absolute atomic E-state index is 0.0277. The van der Waals surface area contributed by atoms with Crippen molar-refractivity contribution in [3.8, 4) is 0 Å². The van der Waals surface area contributed by atoms with Gasteiger partial charge in [0.1, 0.15) is 0 Å². The molecule has 1 aliphatic rings. The number of carbonyl (C=O) groups excluding carboxylic acids is 1. The Balaban J connectivity index is 2.62. The summed E-state index contributed by atoms with van der Waals surface area (Å²) in [6.45, 7) is 6.16. The summed E-state index contributed by atoms with van der Waals surface area (Å²) in [6.07, 6.45) is -0.142. The molecule has 2 atom stereocenters. The van der Waals surface area contributed by atoms with Crippen molar-refractivity contribution in [1.29, 1.82) is 0 Å². The number of morpholine rings is 1. The maximum absolute atomic E-state index is 12.7. The van der Waals surface area contributed by atoms with Crippen molar-refractivity contribution in [2.24, 2.45) is 5.92 Å². The Morgan fingerprint density at radius 1 is 1.32 bits per heavy atom. The van der Waals surface area contributed by atoms with Crippen LogP contribution in [0.1, 0.15) is 13.8 Å². The third kappa shape index (κ3) is 5.55. The number of likely N-dealkylation sites (N-methyl/N-ethyl adjacent to an activating group) is 2. The van der Waals surface area contributed by atoms with Crippen LogP contribution in [0.2, 0.25) is 0 Å². The van der Waals surface area contributed by atoms with E-state index in [9.17, 15) is 9.59 Å². The van der Waals surface area contributed by atoms with E-state index in [1.165, 1.54) is 0 Å². The van der Waals surface area contributed by atoms with Crippen LogP contribution in [-0.4, -0.2) is 97.8 Å². The average molecular weight is 315 g/mol. The number of carboxylic acid groups (broad SMARTS) is 1. The highest BCUT2D eigenvalue weighted by atomic mass is 16.5. The summed E-state index contributed by atoms with van der Waals surface area (Å²) in [6, 6.07) is -0.143. The second kappa shape index (κ2) is 8.45. The van der Waals surface area contributed by atoms with E-state index >= 15 is 0 Å². The quantitative estimate of drug-likeness (QED) is 0.702. The smallest absolute Gasteiger partial charge is 0.317 e. The van der Waals surface area contributed by atoms with E-state index in [2.05, 4.69) is 0 Å². The first-order chi connectivity index (χ1) is 10.2. The third-order valence-electron chi connectivity index (χ3n) is 3.81. The van der Waals surface area contributed by atoms with Gasteiger partial charge in [-0.1, -0.05) is 13.8 Å². The highest BCUT2D eigenvalue weighted by Gasteiger charge is 2.32. The number of rotatable bonds is 7. The van der Waals surface area contributed by atoms with E-state index in [1.54, 1.807) is 11.9 Å². The van der Waals surface area contributed by atoms with Gasteiger partial charge < -0.3 is 14.7 Å². The van der Waals surface area contributed by atoms with Crippen molar-refractivity contribution < 1.29 is 19.4 Å². The molecule has 0 spiro atoms. The molecule has 0 aromatic heterocycles. The minimum atomic E-state index is -0.862. The van der Waals surface area contributed by atoms with Crippen LogP contribution < -0.4 is 0 Å². The number of aliphatic carboxylic acids is 1. The van der Waals surface area contributed by atoms with Crippen molar-refractivity contribution in [3.05, 3.63) is 0 Å². The molecular weight excluding hydrogens is 286 g/mol. The van der Waals surface area contributed by atoms with E-state index in [4.69, 9.17) is 9.84 Å². The second-order valence-electron chi connectivity index (χ2n) is 6.52. The van der Waals surface area contributed by atoms with Crippen LogP contribution in [0.5, 0.6) is 0 Å². The summed E-state index contributed by atoms with van der Waals surface area (Å²) < 4.78 is 5.67. The minimum Gasteiger partial charge on any atom is -0.480 e. The maximum atomic E-state index is 12.7. The van der Waals surface area contributed by atoms with Crippen LogP contribution in [0, 0.1) is 5.92 Å². The third-order valence-corrected chi connectivity index (χ3v) is 3.81. The summed E-state index contributed by atoms with van der Waals surface area (Å²) in [7, 11) is 5.58. The number of hydrogen-bond donors (Lipinski definition) is 1. The molecule has 0 aliphatic carbocycles. The van der Waals surface area contributed by atoms with Gasteiger partial charge in [0.05, 0.1) is 25.3 Å². The monoisotopic (exact) mass is 315 g/mol. The Morgan fingerprint density at radius 2 is 1.95 bits per heavy atom. The van der Waals surface area contributed by atoms with Crippen LogP contribution >= 0.6 is 0 Å². The highest BCUT2D eigenvalue weighted by Crippen LogP contribution is 2.15. The molecule has 0 radical (unpaired) electrons. The number of hydrogen-bond acceptors (Lipinski definition) is 5. The molecular formula is C15H29N3O4. The number of nitrogens with zero attached hydrogens (tertiary/aromatic N) is 3. The Hall–Kier alpha value is -1.18. The molecule has 1 amide bonds. The van der Waals surface area contributed by atoms with Gasteiger partial charge in [-0.3, -0.25) is 19.4 Å². The Morgan fingerprint density at radius 3 is 2.45 bits per heavy atom. The largest absolute Gasteiger partial charge is 0.480 e. The molecule has 7 heteroatoms. The molecule has 0 aromatic rings. The van der Waals surface area contributed by atoms with Crippen LogP contribution in [0.15, 0.2) is 0 Å². The van der Waals surface area contributed by atoms with Crippen molar-refractivity contribution in [3.63, 3.8) is 0 Å². The summed E-state index contributed by atoms with van der Waals surface area (Å²) >= 11 is 0. The zero-order valence-electron chi connectivity index (χ0n) is 14.3. The molecule has 1 rings (SSSR count). The Labute approximate surface area is 132 Å². The molecule has 1 saturated heterocycles. The van der Waals surface area contributed by atoms with Gasteiger partial charge in [-0.15, -0.1) is 0 Å². The van der Waals surface area contributed by atoms with Gasteiger partial charge >= 0.3 is 5.97 Å². The van der Waals surface area contributed by atoms with Gasteiger partial charge in [0, 0.05) is 19.6 Å². The van der Waals surface area contributed by atoms with E-state index in [1.807, 2.05) is 37.7 Å². The molecule has 0 saturated carbocycles. The fourth-order valence-electron chi connectivity index (χ4n) is 2.96. The summed E-state index contributed by atoms with van der Waals surface area (Å²) in [5.74, 6) is -0.508. The van der Waals surface area contributed by atoms with E-state index in [-0.39, 0.29) is 30.5 Å². The predicted octanol–water partition coefficient (Wildman–Crippen LogP) is -0.184. The lowest BCUT2D eigenvalue weighted by Gasteiger charge is -2.38. The first-order valence-corrected chi connectivity index (χ1v) is 7.69. The maximum Gasteiger partial charge on any atom is 0.317 e. The molecule has 1 N–H and O–H groups in total. The lowest BCUT2D eigenvalue weighted by molar-refractivity contribution is -0.147. The predicted molar refractivity (Wildman–Crippen MR) is 83.8 cm³/mol. The SMILES string of the molecule is CC(C)C(C(=O)N1CCOC(CN(C)CC(=O)O)C1)N(C)C. The molecule has 0 bridgehead atoms. The van der Waals surface area contributed by atoms with Gasteiger partial charge in [-0.05, 0) is 27.1 Å². The molecule has 128 valence electrons. The highest BCUT2D eigenvalue weighted by molar-refractivity contribution is 5.82. The Bertz CT molecular complexity index is 379. The number of amides is 1. The first kappa shape index (κ1) is 18.9. The van der Waals surface area contributed by atoms with Gasteiger partial charge in [0.2, 0.25) is 5.91 Å². The van der Waals surface area contributed by atoms with Gasteiger partial charge in [-0.25, -0.2) is 0 Å². The van der Waals surface area contributed by atoms with Crippen LogP contribution in [0.3, 0.4) is 0 Å². The Kier molecular flexibility index (Phi) is 7.25. The van der Waals surface area contributed by atoms with E-state index in [0.717, 1.165) is 0 Å². The van der Waals surface area contributed by atoms with Crippen molar-refractivity contribution >= 4 is 11.9 Å². The van der Waals surface area contributed by atoms with Crippen LogP contribution in [0.25, 0.3) is 0 Å². The topological polar surface area (TPSA) is 73.3 Å². The number of carbonyl (C=O) groups is 2. The molecule has 0 aromatic carbocycles. The van der Waals surface area contributed by atoms with E-state index in [0.29, 0.717) is 26.2 Å². The average Bonchev–Trinajstić information content (AvgIpc) is 2.36. The first-order valence-electron chi connectivity index (χ1n) is 7.69. The van der Waals surface area contributed by atoms with Crippen LogP contribution in [-0.2, 0) is 14.3 Å². The molecule has 22 heavy (non-hydrogen) atoms. The molecule has 7 nitrogen and oxygen atoms in total. The zero-order valence-corrected chi connectivity index (χ0v) is 14.3. The van der Waals surface area contributed by atoms with Crippen molar-refractivity contribution in [2.75, 3.05) is 53.9 Å². The summed E-state index contributed by atoms with van der Waals surface area (Å²) in [4.78, 5) is 28.9.